The van der Waals surface area contributed by atoms with E-state index in [1.165, 1.54) is 24.3 Å². The van der Waals surface area contributed by atoms with E-state index in [1.54, 1.807) is 18.2 Å². The summed E-state index contributed by atoms with van der Waals surface area (Å²) in [6, 6.07) is 10.6. The summed E-state index contributed by atoms with van der Waals surface area (Å²) < 4.78 is 15.8. The number of phenols is 1. The molecule has 1 aliphatic heterocycles. The summed E-state index contributed by atoms with van der Waals surface area (Å²) in [6.45, 7) is 0.507. The van der Waals surface area contributed by atoms with Crippen LogP contribution in [0.5, 0.6) is 17.2 Å². The Labute approximate surface area is 132 Å². The highest BCUT2D eigenvalue weighted by Crippen LogP contribution is 2.30. The zero-order valence-electron chi connectivity index (χ0n) is 12.2. The van der Waals surface area contributed by atoms with E-state index in [4.69, 9.17) is 14.2 Å². The molecule has 3 rings (SSSR count). The number of ketones is 1. The summed E-state index contributed by atoms with van der Waals surface area (Å²) in [5.41, 5.74) is 0.554. The molecule has 2 aromatic rings. The van der Waals surface area contributed by atoms with Crippen molar-refractivity contribution >= 4 is 11.8 Å². The van der Waals surface area contributed by atoms with Crippen molar-refractivity contribution in [2.75, 3.05) is 19.8 Å². The van der Waals surface area contributed by atoms with Crippen LogP contribution in [-0.4, -0.2) is 36.7 Å². The Hall–Kier alpha value is -3.02. The smallest absolute Gasteiger partial charge is 0.338 e. The fourth-order valence-corrected chi connectivity index (χ4v) is 2.15. The van der Waals surface area contributed by atoms with Gasteiger partial charge in [-0.1, -0.05) is 6.07 Å². The average molecular weight is 314 g/mol. The third kappa shape index (κ3) is 3.42. The summed E-state index contributed by atoms with van der Waals surface area (Å²) in [6.07, 6.45) is 0. The van der Waals surface area contributed by atoms with Gasteiger partial charge in [0.1, 0.15) is 19.0 Å². The summed E-state index contributed by atoms with van der Waals surface area (Å²) in [5, 5.41) is 9.33. The van der Waals surface area contributed by atoms with Crippen LogP contribution in [0.1, 0.15) is 20.7 Å². The van der Waals surface area contributed by atoms with Gasteiger partial charge in [0.15, 0.2) is 23.9 Å². The molecule has 0 spiro atoms. The second-order valence-corrected chi connectivity index (χ2v) is 4.91. The molecule has 6 nitrogen and oxygen atoms in total. The van der Waals surface area contributed by atoms with Gasteiger partial charge in [-0.05, 0) is 36.4 Å². The number of rotatable bonds is 4. The van der Waals surface area contributed by atoms with Gasteiger partial charge in [0.25, 0.3) is 0 Å². The molecule has 1 heterocycles. The van der Waals surface area contributed by atoms with E-state index >= 15 is 0 Å². The fraction of sp³-hybridized carbons (Fsp3) is 0.176. The van der Waals surface area contributed by atoms with Crippen molar-refractivity contribution in [3.63, 3.8) is 0 Å². The summed E-state index contributed by atoms with van der Waals surface area (Å²) in [5.74, 6) is 0.0193. The third-order valence-electron chi connectivity index (χ3n) is 3.28. The van der Waals surface area contributed by atoms with Gasteiger partial charge < -0.3 is 19.3 Å². The Kier molecular flexibility index (Phi) is 4.14. The van der Waals surface area contributed by atoms with Crippen molar-refractivity contribution < 1.29 is 28.9 Å². The van der Waals surface area contributed by atoms with Crippen LogP contribution >= 0.6 is 0 Å². The molecule has 2 aromatic carbocycles. The van der Waals surface area contributed by atoms with Crippen molar-refractivity contribution in [1.29, 1.82) is 0 Å². The molecule has 23 heavy (non-hydrogen) atoms. The largest absolute Gasteiger partial charge is 0.508 e. The maximum Gasteiger partial charge on any atom is 0.338 e. The Morgan fingerprint density at radius 1 is 1.00 bits per heavy atom. The number of Topliss-reactive ketones (excluding diaryl/α,β-unsaturated/α-hetero) is 1. The minimum Gasteiger partial charge on any atom is -0.508 e. The zero-order valence-corrected chi connectivity index (χ0v) is 12.2. The van der Waals surface area contributed by atoms with E-state index in [1.807, 2.05) is 0 Å². The Balaban J connectivity index is 1.64. The van der Waals surface area contributed by atoms with Crippen LogP contribution < -0.4 is 9.47 Å². The molecule has 1 aliphatic rings. The maximum absolute atomic E-state index is 12.1. The molecule has 0 aromatic heterocycles. The molecule has 6 heteroatoms. The van der Waals surface area contributed by atoms with Crippen LogP contribution in [0.15, 0.2) is 42.5 Å². The maximum atomic E-state index is 12.1. The third-order valence-corrected chi connectivity index (χ3v) is 3.28. The number of carbonyl (C=O) groups excluding carboxylic acids is 2. The minimum absolute atomic E-state index is 0.0439. The molecule has 0 atom stereocenters. The first-order chi connectivity index (χ1) is 11.1. The molecule has 0 bridgehead atoms. The van der Waals surface area contributed by atoms with Gasteiger partial charge in [-0.3, -0.25) is 4.79 Å². The number of esters is 1. The number of aromatic hydroxyl groups is 1. The lowest BCUT2D eigenvalue weighted by Crippen LogP contribution is -2.17. The first-order valence-electron chi connectivity index (χ1n) is 7.02. The topological polar surface area (TPSA) is 82.1 Å². The van der Waals surface area contributed by atoms with Gasteiger partial charge in [0.2, 0.25) is 0 Å². The van der Waals surface area contributed by atoms with Gasteiger partial charge in [-0.2, -0.15) is 0 Å². The second kappa shape index (κ2) is 6.39. The molecule has 118 valence electrons. The lowest BCUT2D eigenvalue weighted by atomic mass is 10.1. The Morgan fingerprint density at radius 2 is 1.78 bits per heavy atom. The molecular formula is C17H14O6. The van der Waals surface area contributed by atoms with Crippen molar-refractivity contribution in [2.45, 2.75) is 0 Å². The molecule has 0 fully saturated rings. The fourth-order valence-electron chi connectivity index (χ4n) is 2.15. The number of ether oxygens (including phenoxy) is 3. The standard InChI is InChI=1S/C17H14O6/c18-13-3-1-2-12(8-13)17(20)23-10-14(19)11-4-5-15-16(9-11)22-7-6-21-15/h1-5,8-9,18H,6-7,10H2. The Bertz CT molecular complexity index is 752. The van der Waals surface area contributed by atoms with E-state index in [9.17, 15) is 14.7 Å². The van der Waals surface area contributed by atoms with Crippen LogP contribution in [0.25, 0.3) is 0 Å². The van der Waals surface area contributed by atoms with E-state index < -0.39 is 12.6 Å². The number of phenolic OH excluding ortho intramolecular Hbond substituents is 1. The van der Waals surface area contributed by atoms with Crippen molar-refractivity contribution in [2.24, 2.45) is 0 Å². The van der Waals surface area contributed by atoms with Crippen LogP contribution in [0.3, 0.4) is 0 Å². The van der Waals surface area contributed by atoms with Crippen LogP contribution in [0, 0.1) is 0 Å². The zero-order chi connectivity index (χ0) is 16.2. The van der Waals surface area contributed by atoms with Crippen molar-refractivity contribution in [1.82, 2.24) is 0 Å². The molecule has 0 unspecified atom stereocenters. The van der Waals surface area contributed by atoms with E-state index in [2.05, 4.69) is 0 Å². The van der Waals surface area contributed by atoms with Crippen LogP contribution in [0.2, 0.25) is 0 Å². The summed E-state index contributed by atoms with van der Waals surface area (Å²) >= 11 is 0. The molecular weight excluding hydrogens is 300 g/mol. The highest BCUT2D eigenvalue weighted by molar-refractivity contribution is 5.99. The first kappa shape index (κ1) is 14.9. The van der Waals surface area contributed by atoms with Crippen LogP contribution in [-0.2, 0) is 4.74 Å². The van der Waals surface area contributed by atoms with Crippen LogP contribution in [0.4, 0.5) is 0 Å². The van der Waals surface area contributed by atoms with Gasteiger partial charge in [0.05, 0.1) is 5.56 Å². The first-order valence-corrected chi connectivity index (χ1v) is 7.02. The lowest BCUT2D eigenvalue weighted by Gasteiger charge is -2.18. The minimum atomic E-state index is -0.674. The van der Waals surface area contributed by atoms with E-state index in [-0.39, 0.29) is 17.1 Å². The lowest BCUT2D eigenvalue weighted by molar-refractivity contribution is 0.0474. The molecule has 0 amide bonds. The SMILES string of the molecule is O=C(COC(=O)c1cccc(O)c1)c1ccc2c(c1)OCCO2. The normalized spacial score (nSPS) is 12.5. The molecule has 0 aliphatic carbocycles. The number of hydrogen-bond donors (Lipinski definition) is 1. The van der Waals surface area contributed by atoms with E-state index in [0.717, 1.165) is 0 Å². The van der Waals surface area contributed by atoms with Gasteiger partial charge in [0, 0.05) is 5.56 Å². The average Bonchev–Trinajstić information content (AvgIpc) is 2.59. The molecule has 1 N–H and O–H groups in total. The number of fused-ring (bicyclic) bond motifs is 1. The predicted octanol–water partition coefficient (Wildman–Crippen LogP) is 2.20. The number of benzene rings is 2. The highest BCUT2D eigenvalue weighted by Gasteiger charge is 2.16. The second-order valence-electron chi connectivity index (χ2n) is 4.91. The molecule has 0 radical (unpaired) electrons. The van der Waals surface area contributed by atoms with E-state index in [0.29, 0.717) is 30.3 Å². The summed E-state index contributed by atoms with van der Waals surface area (Å²) in [4.78, 5) is 23.9. The van der Waals surface area contributed by atoms with Crippen molar-refractivity contribution in [3.8, 4) is 17.2 Å². The number of carbonyl (C=O) groups is 2. The highest BCUT2D eigenvalue weighted by atomic mass is 16.6. The Morgan fingerprint density at radius 3 is 2.57 bits per heavy atom. The quantitative estimate of drug-likeness (QED) is 0.688. The van der Waals surface area contributed by atoms with Crippen molar-refractivity contribution in [3.05, 3.63) is 53.6 Å². The van der Waals surface area contributed by atoms with Gasteiger partial charge in [-0.15, -0.1) is 0 Å². The predicted molar refractivity (Wildman–Crippen MR) is 80.2 cm³/mol. The molecule has 0 saturated heterocycles. The van der Waals surface area contributed by atoms with Gasteiger partial charge >= 0.3 is 5.97 Å². The van der Waals surface area contributed by atoms with Gasteiger partial charge in [-0.25, -0.2) is 4.79 Å². The molecule has 0 saturated carbocycles. The monoisotopic (exact) mass is 314 g/mol. The number of hydrogen-bond acceptors (Lipinski definition) is 6. The summed E-state index contributed by atoms with van der Waals surface area (Å²) in [7, 11) is 0.